The van der Waals surface area contributed by atoms with E-state index in [9.17, 15) is 0 Å². The fourth-order valence-corrected chi connectivity index (χ4v) is 0.952. The van der Waals surface area contributed by atoms with Gasteiger partial charge in [-0.2, -0.15) is 0 Å². The predicted octanol–water partition coefficient (Wildman–Crippen LogP) is 2.44. The van der Waals surface area contributed by atoms with Crippen LogP contribution in [0.25, 0.3) is 0 Å². The lowest BCUT2D eigenvalue weighted by molar-refractivity contribution is 0.103. The Balaban J connectivity index is 1.83. The van der Waals surface area contributed by atoms with E-state index in [1.165, 1.54) is 12.8 Å². The molecule has 1 unspecified atom stereocenters. The minimum atomic E-state index is 0.666. The molecule has 10 heavy (non-hydrogen) atoms. The summed E-state index contributed by atoms with van der Waals surface area (Å²) in [7, 11) is 0. The highest BCUT2D eigenvalue weighted by atomic mass is 79.9. The molecule has 1 fully saturated rings. The summed E-state index contributed by atoms with van der Waals surface area (Å²) in [6.45, 7) is 4.11. The molecule has 1 rings (SSSR count). The molecule has 0 radical (unpaired) electrons. The Bertz CT molecular complexity index is 91.3. The van der Waals surface area contributed by atoms with Crippen LogP contribution in [0.4, 0.5) is 0 Å². The number of hydrogen-bond donors (Lipinski definition) is 0. The zero-order chi connectivity index (χ0) is 7.40. The highest BCUT2D eigenvalue weighted by Gasteiger charge is 2.21. The second-order valence-electron chi connectivity index (χ2n) is 3.24. The molecule has 0 amide bonds. The van der Waals surface area contributed by atoms with Gasteiger partial charge in [-0.15, -0.1) is 0 Å². The van der Waals surface area contributed by atoms with Gasteiger partial charge in [-0.1, -0.05) is 22.9 Å². The molecule has 0 saturated heterocycles. The molecule has 60 valence electrons. The molecule has 0 aromatic heterocycles. The molecule has 0 aliphatic heterocycles. The number of rotatable bonds is 5. The third kappa shape index (κ3) is 3.57. The summed E-state index contributed by atoms with van der Waals surface area (Å²) >= 11 is 3.42. The van der Waals surface area contributed by atoms with E-state index >= 15 is 0 Å². The third-order valence-corrected chi connectivity index (χ3v) is 2.82. The Kier molecular flexibility index (Phi) is 3.71. The van der Waals surface area contributed by atoms with Crippen LogP contribution in [0.1, 0.15) is 19.8 Å². The van der Waals surface area contributed by atoms with E-state index < -0.39 is 0 Å². The first-order valence-electron chi connectivity index (χ1n) is 3.96. The number of alkyl halides is 1. The maximum absolute atomic E-state index is 5.48. The Labute approximate surface area is 71.3 Å². The predicted molar refractivity (Wildman–Crippen MR) is 46.5 cm³/mol. The van der Waals surface area contributed by atoms with E-state index in [0.717, 1.165) is 24.5 Å². The van der Waals surface area contributed by atoms with Gasteiger partial charge in [-0.25, -0.2) is 0 Å². The first kappa shape index (κ1) is 8.54. The molecule has 0 N–H and O–H groups in total. The quantitative estimate of drug-likeness (QED) is 0.629. The molecule has 1 aliphatic carbocycles. The van der Waals surface area contributed by atoms with Crippen LogP contribution in [-0.4, -0.2) is 18.5 Å². The van der Waals surface area contributed by atoms with Crippen molar-refractivity contribution < 1.29 is 4.74 Å². The average molecular weight is 207 g/mol. The lowest BCUT2D eigenvalue weighted by Crippen LogP contribution is -2.08. The molecule has 0 spiro atoms. The zero-order valence-electron chi connectivity index (χ0n) is 6.48. The van der Waals surface area contributed by atoms with Crippen molar-refractivity contribution in [1.29, 1.82) is 0 Å². The van der Waals surface area contributed by atoms with Crippen LogP contribution in [0.2, 0.25) is 0 Å². The molecule has 1 nitrogen and oxygen atoms in total. The SMILES string of the molecule is CC(CBr)COCC1CC1. The summed E-state index contributed by atoms with van der Waals surface area (Å²) in [5, 5.41) is 1.05. The Hall–Kier alpha value is 0.440. The van der Waals surface area contributed by atoms with Gasteiger partial charge in [0.2, 0.25) is 0 Å². The highest BCUT2D eigenvalue weighted by molar-refractivity contribution is 9.09. The van der Waals surface area contributed by atoms with Crippen LogP contribution < -0.4 is 0 Å². The fraction of sp³-hybridized carbons (Fsp3) is 1.00. The monoisotopic (exact) mass is 206 g/mol. The normalized spacial score (nSPS) is 21.0. The minimum absolute atomic E-state index is 0.666. The van der Waals surface area contributed by atoms with Gasteiger partial charge < -0.3 is 4.74 Å². The van der Waals surface area contributed by atoms with Crippen LogP contribution in [0.3, 0.4) is 0 Å². The van der Waals surface area contributed by atoms with E-state index in [2.05, 4.69) is 22.9 Å². The summed E-state index contributed by atoms with van der Waals surface area (Å²) in [6, 6.07) is 0. The van der Waals surface area contributed by atoms with Crippen molar-refractivity contribution in [3.8, 4) is 0 Å². The summed E-state index contributed by atoms with van der Waals surface area (Å²) < 4.78 is 5.48. The van der Waals surface area contributed by atoms with E-state index in [1.807, 2.05) is 0 Å². The largest absolute Gasteiger partial charge is 0.381 e. The van der Waals surface area contributed by atoms with Crippen molar-refractivity contribution in [2.24, 2.45) is 11.8 Å². The molecule has 0 bridgehead atoms. The molecule has 1 saturated carbocycles. The number of hydrogen-bond acceptors (Lipinski definition) is 1. The van der Waals surface area contributed by atoms with Crippen molar-refractivity contribution >= 4 is 15.9 Å². The minimum Gasteiger partial charge on any atom is -0.381 e. The van der Waals surface area contributed by atoms with Crippen molar-refractivity contribution in [3.05, 3.63) is 0 Å². The Morgan fingerprint density at radius 1 is 1.60 bits per heavy atom. The van der Waals surface area contributed by atoms with Gasteiger partial charge in [0.25, 0.3) is 0 Å². The smallest absolute Gasteiger partial charge is 0.0499 e. The van der Waals surface area contributed by atoms with Gasteiger partial charge in [0.1, 0.15) is 0 Å². The van der Waals surface area contributed by atoms with Crippen LogP contribution in [0.15, 0.2) is 0 Å². The number of ether oxygens (including phenoxy) is 1. The maximum atomic E-state index is 5.48. The summed E-state index contributed by atoms with van der Waals surface area (Å²) in [5.74, 6) is 1.57. The van der Waals surface area contributed by atoms with Gasteiger partial charge in [0.05, 0.1) is 0 Å². The van der Waals surface area contributed by atoms with Gasteiger partial charge in [-0.3, -0.25) is 0 Å². The van der Waals surface area contributed by atoms with E-state index in [0.29, 0.717) is 5.92 Å². The van der Waals surface area contributed by atoms with E-state index in [-0.39, 0.29) is 0 Å². The topological polar surface area (TPSA) is 9.23 Å². The average Bonchev–Trinajstić information content (AvgIpc) is 2.71. The van der Waals surface area contributed by atoms with Gasteiger partial charge >= 0.3 is 0 Å². The molecule has 1 aliphatic rings. The molecule has 0 aromatic rings. The Morgan fingerprint density at radius 2 is 2.30 bits per heavy atom. The van der Waals surface area contributed by atoms with Crippen molar-refractivity contribution in [3.63, 3.8) is 0 Å². The van der Waals surface area contributed by atoms with Crippen LogP contribution in [0, 0.1) is 11.8 Å². The third-order valence-electron chi connectivity index (χ3n) is 1.72. The molecule has 1 atom stereocenters. The van der Waals surface area contributed by atoms with Crippen LogP contribution >= 0.6 is 15.9 Å². The van der Waals surface area contributed by atoms with Crippen molar-refractivity contribution in [2.45, 2.75) is 19.8 Å². The first-order valence-corrected chi connectivity index (χ1v) is 5.08. The van der Waals surface area contributed by atoms with Gasteiger partial charge in [-0.05, 0) is 24.7 Å². The van der Waals surface area contributed by atoms with Crippen LogP contribution in [0.5, 0.6) is 0 Å². The van der Waals surface area contributed by atoms with E-state index in [4.69, 9.17) is 4.74 Å². The van der Waals surface area contributed by atoms with Crippen molar-refractivity contribution in [2.75, 3.05) is 18.5 Å². The molecule has 2 heteroatoms. The zero-order valence-corrected chi connectivity index (χ0v) is 8.06. The summed E-state index contributed by atoms with van der Waals surface area (Å²) in [6.07, 6.45) is 2.78. The summed E-state index contributed by atoms with van der Waals surface area (Å²) in [4.78, 5) is 0. The van der Waals surface area contributed by atoms with Crippen LogP contribution in [-0.2, 0) is 4.74 Å². The standard InChI is InChI=1S/C8H15BrO/c1-7(4-9)5-10-6-8-2-3-8/h7-8H,2-6H2,1H3. The lowest BCUT2D eigenvalue weighted by Gasteiger charge is -2.07. The second kappa shape index (κ2) is 4.35. The second-order valence-corrected chi connectivity index (χ2v) is 3.89. The van der Waals surface area contributed by atoms with E-state index in [1.54, 1.807) is 0 Å². The van der Waals surface area contributed by atoms with Gasteiger partial charge in [0.15, 0.2) is 0 Å². The fourth-order valence-electron chi connectivity index (χ4n) is 0.765. The molecule has 0 heterocycles. The summed E-state index contributed by atoms with van der Waals surface area (Å²) in [5.41, 5.74) is 0. The van der Waals surface area contributed by atoms with Gasteiger partial charge in [0, 0.05) is 18.5 Å². The van der Waals surface area contributed by atoms with Crippen molar-refractivity contribution in [1.82, 2.24) is 0 Å². The highest BCUT2D eigenvalue weighted by Crippen LogP contribution is 2.28. The molecular formula is C8H15BrO. The number of halogens is 1. The lowest BCUT2D eigenvalue weighted by atomic mass is 10.2. The molecular weight excluding hydrogens is 192 g/mol. The molecule has 0 aromatic carbocycles. The maximum Gasteiger partial charge on any atom is 0.0499 e. The Morgan fingerprint density at radius 3 is 2.80 bits per heavy atom. The first-order chi connectivity index (χ1) is 4.83.